The second kappa shape index (κ2) is 4.31. The number of rotatable bonds is 2. The van der Waals surface area contributed by atoms with Crippen LogP contribution < -0.4 is 0 Å². The molecule has 0 aromatic carbocycles. The largest absolute Gasteiger partial charge is 0.478 e. The van der Waals surface area contributed by atoms with Crippen LogP contribution in [0.15, 0.2) is 10.7 Å². The number of halogens is 3. The number of pyridine rings is 1. The lowest BCUT2D eigenvalue weighted by molar-refractivity contribution is 0.0684. The summed E-state index contributed by atoms with van der Waals surface area (Å²) < 4.78 is 25.0. The number of alkyl halides is 2. The summed E-state index contributed by atoms with van der Waals surface area (Å²) in [5, 5.41) is 17.2. The van der Waals surface area contributed by atoms with Gasteiger partial charge in [0, 0.05) is 0 Å². The number of nitriles is 1. The molecule has 0 atom stereocenters. The van der Waals surface area contributed by atoms with Gasteiger partial charge in [0.1, 0.15) is 10.7 Å². The van der Waals surface area contributed by atoms with Gasteiger partial charge in [-0.3, -0.25) is 0 Å². The van der Waals surface area contributed by atoms with Gasteiger partial charge in [-0.25, -0.2) is 18.6 Å². The van der Waals surface area contributed by atoms with E-state index >= 15 is 0 Å². The summed E-state index contributed by atoms with van der Waals surface area (Å²) in [6.45, 7) is 0. The van der Waals surface area contributed by atoms with Gasteiger partial charge in [-0.15, -0.1) is 0 Å². The Morgan fingerprint density at radius 1 is 1.67 bits per heavy atom. The lowest BCUT2D eigenvalue weighted by Crippen LogP contribution is -2.07. The van der Waals surface area contributed by atoms with Gasteiger partial charge < -0.3 is 5.11 Å². The molecule has 7 heteroatoms. The zero-order valence-electron chi connectivity index (χ0n) is 7.04. The van der Waals surface area contributed by atoms with Crippen molar-refractivity contribution in [1.82, 2.24) is 4.98 Å². The van der Waals surface area contributed by atoms with Gasteiger partial charge in [0.25, 0.3) is 6.43 Å². The number of aromatic carboxylic acids is 1. The quantitative estimate of drug-likeness (QED) is 0.842. The molecular formula is C8H3BrF2N2O2. The van der Waals surface area contributed by atoms with Crippen LogP contribution in [0, 0.1) is 11.3 Å². The molecule has 1 rings (SSSR count). The average molecular weight is 277 g/mol. The van der Waals surface area contributed by atoms with Crippen LogP contribution >= 0.6 is 15.9 Å². The van der Waals surface area contributed by atoms with E-state index < -0.39 is 29.2 Å². The first-order valence-corrected chi connectivity index (χ1v) is 4.38. The van der Waals surface area contributed by atoms with Crippen LogP contribution in [-0.2, 0) is 0 Å². The Morgan fingerprint density at radius 3 is 2.67 bits per heavy atom. The summed E-state index contributed by atoms with van der Waals surface area (Å²) in [6.07, 6.45) is -3.05. The van der Waals surface area contributed by atoms with Gasteiger partial charge in [0.05, 0.1) is 11.1 Å². The SMILES string of the molecule is N#Cc1nc(Br)cc(C(=O)O)c1C(F)F. The standard InChI is InChI=1S/C8H3BrF2N2O2/c9-5-1-3(8(14)15)6(7(10)11)4(2-12)13-5/h1,7H,(H,14,15). The van der Waals surface area contributed by atoms with Gasteiger partial charge in [0.2, 0.25) is 0 Å². The number of carboxylic acids is 1. The van der Waals surface area contributed by atoms with E-state index in [-0.39, 0.29) is 4.60 Å². The maximum atomic E-state index is 12.5. The Bertz CT molecular complexity index is 457. The minimum absolute atomic E-state index is 0.0286. The Morgan fingerprint density at radius 2 is 2.27 bits per heavy atom. The third-order valence-electron chi connectivity index (χ3n) is 1.58. The van der Waals surface area contributed by atoms with Gasteiger partial charge in [-0.2, -0.15) is 5.26 Å². The Hall–Kier alpha value is -1.55. The van der Waals surface area contributed by atoms with E-state index in [0.717, 1.165) is 6.07 Å². The fourth-order valence-electron chi connectivity index (χ4n) is 1.01. The molecule has 0 saturated carbocycles. The number of nitrogens with zero attached hydrogens (tertiary/aromatic N) is 2. The fourth-order valence-corrected chi connectivity index (χ4v) is 1.41. The van der Waals surface area contributed by atoms with E-state index in [1.165, 1.54) is 6.07 Å². The van der Waals surface area contributed by atoms with E-state index in [2.05, 4.69) is 20.9 Å². The summed E-state index contributed by atoms with van der Waals surface area (Å²) in [6, 6.07) is 2.36. The maximum Gasteiger partial charge on any atom is 0.336 e. The molecule has 0 fully saturated rings. The third kappa shape index (κ3) is 2.27. The summed E-state index contributed by atoms with van der Waals surface area (Å²) in [5.41, 5.74) is -2.06. The lowest BCUT2D eigenvalue weighted by atomic mass is 10.1. The van der Waals surface area contributed by atoms with Crippen molar-refractivity contribution in [2.24, 2.45) is 0 Å². The first-order valence-electron chi connectivity index (χ1n) is 3.59. The first kappa shape index (κ1) is 11.5. The molecule has 1 N–H and O–H groups in total. The highest BCUT2D eigenvalue weighted by molar-refractivity contribution is 9.10. The fraction of sp³-hybridized carbons (Fsp3) is 0.125. The molecule has 4 nitrogen and oxygen atoms in total. The van der Waals surface area contributed by atoms with Crippen molar-refractivity contribution in [2.45, 2.75) is 6.43 Å². The third-order valence-corrected chi connectivity index (χ3v) is 1.99. The van der Waals surface area contributed by atoms with Crippen LogP contribution in [0.25, 0.3) is 0 Å². The molecule has 15 heavy (non-hydrogen) atoms. The van der Waals surface area contributed by atoms with Crippen LogP contribution in [0.1, 0.15) is 28.0 Å². The maximum absolute atomic E-state index is 12.5. The minimum Gasteiger partial charge on any atom is -0.478 e. The molecule has 0 aliphatic heterocycles. The predicted octanol–water partition coefficient (Wildman–Crippen LogP) is 2.35. The predicted molar refractivity (Wildman–Crippen MR) is 48.6 cm³/mol. The Kier molecular flexibility index (Phi) is 3.31. The Labute approximate surface area is 91.3 Å². The second-order valence-electron chi connectivity index (χ2n) is 2.47. The molecule has 1 aromatic heterocycles. The Balaban J connectivity index is 3.56. The van der Waals surface area contributed by atoms with E-state index in [1.54, 1.807) is 0 Å². The number of carboxylic acid groups (broad SMARTS) is 1. The van der Waals surface area contributed by atoms with Crippen molar-refractivity contribution in [3.05, 3.63) is 27.5 Å². The number of hydrogen-bond donors (Lipinski definition) is 1. The molecule has 0 aliphatic rings. The molecular weight excluding hydrogens is 274 g/mol. The topological polar surface area (TPSA) is 74.0 Å². The van der Waals surface area contributed by atoms with Gasteiger partial charge in [-0.1, -0.05) is 0 Å². The number of aromatic nitrogens is 1. The second-order valence-corrected chi connectivity index (χ2v) is 3.28. The van der Waals surface area contributed by atoms with Crippen molar-refractivity contribution in [3.63, 3.8) is 0 Å². The van der Waals surface area contributed by atoms with E-state index in [1.807, 2.05) is 0 Å². The highest BCUT2D eigenvalue weighted by atomic mass is 79.9. The van der Waals surface area contributed by atoms with E-state index in [9.17, 15) is 13.6 Å². The average Bonchev–Trinajstić information content (AvgIpc) is 2.15. The summed E-state index contributed by atoms with van der Waals surface area (Å²) in [7, 11) is 0. The summed E-state index contributed by atoms with van der Waals surface area (Å²) in [4.78, 5) is 14.1. The van der Waals surface area contributed by atoms with Crippen molar-refractivity contribution in [2.75, 3.05) is 0 Å². The number of carbonyl (C=O) groups is 1. The zero-order valence-corrected chi connectivity index (χ0v) is 8.62. The first-order chi connectivity index (χ1) is 6.97. The molecule has 0 aliphatic carbocycles. The van der Waals surface area contributed by atoms with Crippen LogP contribution in [0.3, 0.4) is 0 Å². The smallest absolute Gasteiger partial charge is 0.336 e. The minimum atomic E-state index is -3.05. The molecule has 0 unspecified atom stereocenters. The van der Waals surface area contributed by atoms with Gasteiger partial charge >= 0.3 is 5.97 Å². The molecule has 0 amide bonds. The van der Waals surface area contributed by atoms with Gasteiger partial charge in [0.15, 0.2) is 5.69 Å². The molecule has 1 aromatic rings. The van der Waals surface area contributed by atoms with Crippen LogP contribution in [-0.4, -0.2) is 16.1 Å². The van der Waals surface area contributed by atoms with Crippen molar-refractivity contribution in [3.8, 4) is 6.07 Å². The van der Waals surface area contributed by atoms with Gasteiger partial charge in [-0.05, 0) is 22.0 Å². The van der Waals surface area contributed by atoms with Crippen molar-refractivity contribution >= 4 is 21.9 Å². The molecule has 0 spiro atoms. The monoisotopic (exact) mass is 276 g/mol. The van der Waals surface area contributed by atoms with Crippen LogP contribution in [0.2, 0.25) is 0 Å². The molecule has 0 saturated heterocycles. The highest BCUT2D eigenvalue weighted by Gasteiger charge is 2.24. The molecule has 78 valence electrons. The van der Waals surface area contributed by atoms with Crippen LogP contribution in [0.4, 0.5) is 8.78 Å². The molecule has 1 heterocycles. The summed E-state index contributed by atoms with van der Waals surface area (Å²) >= 11 is 2.83. The molecule has 0 bridgehead atoms. The summed E-state index contributed by atoms with van der Waals surface area (Å²) in [5.74, 6) is -1.52. The highest BCUT2D eigenvalue weighted by Crippen LogP contribution is 2.27. The van der Waals surface area contributed by atoms with Crippen molar-refractivity contribution < 1.29 is 18.7 Å². The molecule has 0 radical (unpaired) electrons. The van der Waals surface area contributed by atoms with Crippen molar-refractivity contribution in [1.29, 1.82) is 5.26 Å². The van der Waals surface area contributed by atoms with E-state index in [0.29, 0.717) is 0 Å². The lowest BCUT2D eigenvalue weighted by Gasteiger charge is -2.06. The van der Waals surface area contributed by atoms with E-state index in [4.69, 9.17) is 10.4 Å². The van der Waals surface area contributed by atoms with Crippen LogP contribution in [0.5, 0.6) is 0 Å². The normalized spacial score (nSPS) is 10.1. The number of hydrogen-bond acceptors (Lipinski definition) is 3. The zero-order chi connectivity index (χ0) is 11.6.